The molecule has 14 rings (SSSR count). The van der Waals surface area contributed by atoms with Crippen LogP contribution in [0.15, 0.2) is 267 Å². The Labute approximate surface area is 407 Å². The quantitative estimate of drug-likeness (QED) is 0.146. The molecule has 3 nitrogen and oxygen atoms in total. The molecule has 0 saturated heterocycles. The predicted molar refractivity (Wildman–Crippen MR) is 295 cm³/mol. The van der Waals surface area contributed by atoms with E-state index in [0.29, 0.717) is 0 Å². The minimum absolute atomic E-state index is 0.903. The summed E-state index contributed by atoms with van der Waals surface area (Å²) in [5.41, 5.74) is 14.1. The highest BCUT2D eigenvalue weighted by Gasteiger charge is 2.48. The lowest BCUT2D eigenvalue weighted by molar-refractivity contribution is 0.487. The van der Waals surface area contributed by atoms with Gasteiger partial charge in [0.1, 0.15) is 11.5 Å². The van der Waals surface area contributed by atoms with Crippen molar-refractivity contribution >= 4 is 72.4 Å². The fourth-order valence-electron chi connectivity index (χ4n) is 11.5. The molecule has 0 saturated carbocycles. The van der Waals surface area contributed by atoms with Gasteiger partial charge >= 0.3 is 0 Å². The predicted octanol–water partition coefficient (Wildman–Crippen LogP) is 14.4. The Balaban J connectivity index is 0.953. The van der Waals surface area contributed by atoms with Crippen LogP contribution in [0.5, 0.6) is 11.5 Å². The third-order valence-corrected chi connectivity index (χ3v) is 19.5. The lowest BCUT2D eigenvalue weighted by atomic mass is 9.99. The van der Waals surface area contributed by atoms with E-state index in [1.54, 1.807) is 0 Å². The second kappa shape index (κ2) is 16.1. The van der Waals surface area contributed by atoms with E-state index in [1.165, 1.54) is 86.6 Å². The van der Waals surface area contributed by atoms with E-state index in [2.05, 4.69) is 276 Å². The van der Waals surface area contributed by atoms with Crippen LogP contribution in [-0.4, -0.2) is 17.2 Å². The average Bonchev–Trinajstić information content (AvgIpc) is 3.96. The van der Waals surface area contributed by atoms with Crippen molar-refractivity contribution in [1.82, 2.24) is 9.13 Å². The Hall–Kier alpha value is -8.96. The zero-order chi connectivity index (χ0) is 46.2. The van der Waals surface area contributed by atoms with Gasteiger partial charge in [-0.25, -0.2) is 0 Å². The highest BCUT2D eigenvalue weighted by molar-refractivity contribution is 7.20. The molecule has 328 valence electrons. The SMILES string of the molecule is c1ccc(-c2cccc(-c3ccc4c(c3)Oc3ccccc3[Si]4(c3ccc(-n4c5ccccc5c5ccccc54)cc3)c3cccc(-c4ccc(-n5c6ccccc6c6ccccc65)cc4)c3)c2)cc1. The number of ether oxygens (including phenoxy) is 1. The Kier molecular flexibility index (Phi) is 9.23. The number of nitrogens with zero attached hydrogens (tertiary/aromatic N) is 2. The van der Waals surface area contributed by atoms with Gasteiger partial charge in [0.15, 0.2) is 8.07 Å². The van der Waals surface area contributed by atoms with E-state index in [0.717, 1.165) is 34.0 Å². The van der Waals surface area contributed by atoms with E-state index in [4.69, 9.17) is 4.74 Å². The highest BCUT2D eigenvalue weighted by atomic mass is 28.3. The first-order valence-corrected chi connectivity index (χ1v) is 26.1. The lowest BCUT2D eigenvalue weighted by Crippen LogP contribution is -2.76. The van der Waals surface area contributed by atoms with Crippen LogP contribution in [0.4, 0.5) is 0 Å². The van der Waals surface area contributed by atoms with Crippen molar-refractivity contribution in [2.24, 2.45) is 0 Å². The van der Waals surface area contributed by atoms with E-state index in [1.807, 2.05) is 0 Å². The molecule has 11 aromatic carbocycles. The van der Waals surface area contributed by atoms with Gasteiger partial charge in [0.25, 0.3) is 0 Å². The van der Waals surface area contributed by atoms with Crippen LogP contribution >= 0.6 is 0 Å². The minimum atomic E-state index is -3.10. The molecule has 0 bridgehead atoms. The van der Waals surface area contributed by atoms with Gasteiger partial charge in [-0.1, -0.05) is 200 Å². The minimum Gasteiger partial charge on any atom is -0.458 e. The first kappa shape index (κ1) is 40.1. The Morgan fingerprint density at radius 1 is 0.257 bits per heavy atom. The molecule has 0 fully saturated rings. The monoisotopic (exact) mass is 908 g/mol. The van der Waals surface area contributed by atoms with Crippen LogP contribution in [0.2, 0.25) is 0 Å². The number of hydrogen-bond donors (Lipinski definition) is 0. The summed E-state index contributed by atoms with van der Waals surface area (Å²) in [7, 11) is -3.10. The van der Waals surface area contributed by atoms with Crippen molar-refractivity contribution in [1.29, 1.82) is 0 Å². The zero-order valence-electron chi connectivity index (χ0n) is 38.2. The second-order valence-electron chi connectivity index (χ2n) is 18.4. The fraction of sp³-hybridized carbons (Fsp3) is 0. The molecule has 1 aliphatic heterocycles. The number of benzene rings is 11. The molecule has 0 aliphatic carbocycles. The molecule has 0 amide bonds. The lowest BCUT2D eigenvalue weighted by Gasteiger charge is -2.40. The third-order valence-electron chi connectivity index (χ3n) is 14.7. The van der Waals surface area contributed by atoms with Crippen molar-refractivity contribution < 1.29 is 4.74 Å². The van der Waals surface area contributed by atoms with Crippen molar-refractivity contribution in [3.63, 3.8) is 0 Å². The van der Waals surface area contributed by atoms with Crippen molar-refractivity contribution in [3.8, 4) is 56.3 Å². The van der Waals surface area contributed by atoms with Gasteiger partial charge in [-0.3, -0.25) is 0 Å². The van der Waals surface area contributed by atoms with Crippen LogP contribution in [0, 0.1) is 0 Å². The molecule has 3 heterocycles. The summed E-state index contributed by atoms with van der Waals surface area (Å²) in [5, 5.41) is 10.1. The molecule has 0 spiro atoms. The summed E-state index contributed by atoms with van der Waals surface area (Å²) in [6.45, 7) is 0. The van der Waals surface area contributed by atoms with Crippen LogP contribution in [0.25, 0.3) is 88.4 Å². The molecule has 13 aromatic rings. The maximum Gasteiger partial charge on any atom is 0.188 e. The number of fused-ring (bicyclic) bond motifs is 8. The first-order chi connectivity index (χ1) is 34.7. The maximum atomic E-state index is 7.08. The topological polar surface area (TPSA) is 19.1 Å². The summed E-state index contributed by atoms with van der Waals surface area (Å²) in [6.07, 6.45) is 0. The third kappa shape index (κ3) is 6.20. The normalized spacial score (nSPS) is 14.2. The number of rotatable bonds is 7. The van der Waals surface area contributed by atoms with Gasteiger partial charge in [0.2, 0.25) is 0 Å². The smallest absolute Gasteiger partial charge is 0.188 e. The zero-order valence-corrected chi connectivity index (χ0v) is 39.2. The van der Waals surface area contributed by atoms with Gasteiger partial charge < -0.3 is 13.9 Å². The maximum absolute atomic E-state index is 7.08. The Morgan fingerprint density at radius 2 is 0.671 bits per heavy atom. The van der Waals surface area contributed by atoms with Crippen molar-refractivity contribution in [2.75, 3.05) is 0 Å². The van der Waals surface area contributed by atoms with Gasteiger partial charge in [0.05, 0.1) is 22.1 Å². The summed E-state index contributed by atoms with van der Waals surface area (Å²) in [6, 6.07) is 98.0. The number of aromatic nitrogens is 2. The Bertz CT molecular complexity index is 4040. The standard InChI is InChI=1S/C66H44N2OSi/c1-2-16-45(17-3-1)47-18-14-19-48(42-47)50-34-41-66-64(44-50)69-63-30-12-13-31-65(63)70(66,53-39-37-52(38-40-53)68-61-28-10-6-24-57(61)58-25-7-11-29-62(58)68)54-21-15-20-49(43-54)46-32-35-51(36-33-46)67-59-26-8-4-22-55(59)56-23-5-9-27-60(56)67/h1-44H. The fourth-order valence-corrected chi connectivity index (χ4v) is 16.4. The number of para-hydroxylation sites is 5. The number of hydrogen-bond acceptors (Lipinski definition) is 1. The molecule has 1 unspecified atom stereocenters. The summed E-state index contributed by atoms with van der Waals surface area (Å²) in [4.78, 5) is 0. The van der Waals surface area contributed by atoms with Crippen molar-refractivity contribution in [2.45, 2.75) is 0 Å². The van der Waals surface area contributed by atoms with E-state index in [-0.39, 0.29) is 0 Å². The van der Waals surface area contributed by atoms with Gasteiger partial charge in [-0.15, -0.1) is 0 Å². The summed E-state index contributed by atoms with van der Waals surface area (Å²) >= 11 is 0. The van der Waals surface area contributed by atoms with Gasteiger partial charge in [-0.2, -0.15) is 0 Å². The molecule has 2 aromatic heterocycles. The Morgan fingerprint density at radius 3 is 1.27 bits per heavy atom. The summed E-state index contributed by atoms with van der Waals surface area (Å²) < 4.78 is 11.9. The molecule has 1 aliphatic rings. The molecular weight excluding hydrogens is 865 g/mol. The van der Waals surface area contributed by atoms with Gasteiger partial charge in [-0.05, 0) is 121 Å². The largest absolute Gasteiger partial charge is 0.458 e. The molecule has 4 heteroatoms. The first-order valence-electron chi connectivity index (χ1n) is 24.1. The van der Waals surface area contributed by atoms with E-state index in [9.17, 15) is 0 Å². The van der Waals surface area contributed by atoms with Crippen LogP contribution in [0.3, 0.4) is 0 Å². The van der Waals surface area contributed by atoms with Crippen LogP contribution in [0.1, 0.15) is 0 Å². The van der Waals surface area contributed by atoms with E-state index < -0.39 is 8.07 Å². The second-order valence-corrected chi connectivity index (χ2v) is 22.2. The van der Waals surface area contributed by atoms with Crippen LogP contribution in [-0.2, 0) is 0 Å². The molecule has 70 heavy (non-hydrogen) atoms. The molecule has 0 N–H and O–H groups in total. The highest BCUT2D eigenvalue weighted by Crippen LogP contribution is 2.37. The molecule has 1 atom stereocenters. The average molecular weight is 909 g/mol. The van der Waals surface area contributed by atoms with Crippen LogP contribution < -0.4 is 25.5 Å². The molecular formula is C66H44N2OSi. The van der Waals surface area contributed by atoms with Gasteiger partial charge in [0, 0.05) is 32.9 Å². The van der Waals surface area contributed by atoms with E-state index >= 15 is 0 Å². The molecule has 0 radical (unpaired) electrons. The van der Waals surface area contributed by atoms with Crippen molar-refractivity contribution in [3.05, 3.63) is 267 Å². The summed E-state index contributed by atoms with van der Waals surface area (Å²) in [5.74, 6) is 1.81.